The van der Waals surface area contributed by atoms with Crippen molar-refractivity contribution in [3.63, 3.8) is 0 Å². The van der Waals surface area contributed by atoms with Gasteiger partial charge in [-0.3, -0.25) is 4.79 Å². The van der Waals surface area contributed by atoms with Crippen LogP contribution in [0, 0.1) is 11.6 Å². The van der Waals surface area contributed by atoms with Crippen LogP contribution in [0.15, 0.2) is 53.9 Å². The summed E-state index contributed by atoms with van der Waals surface area (Å²) in [6.07, 6.45) is 0.870. The number of halogens is 2. The first-order valence-corrected chi connectivity index (χ1v) is 8.88. The molecule has 1 N–H and O–H groups in total. The molecule has 3 rings (SSSR count). The second kappa shape index (κ2) is 8.53. The van der Waals surface area contributed by atoms with Gasteiger partial charge in [0.1, 0.15) is 5.75 Å². The summed E-state index contributed by atoms with van der Waals surface area (Å²) in [6.45, 7) is 0.440. The molecular formula is C19H16F2N2O2S. The molecule has 0 radical (unpaired) electrons. The van der Waals surface area contributed by atoms with Crippen LogP contribution in [-0.4, -0.2) is 17.5 Å². The van der Waals surface area contributed by atoms with Gasteiger partial charge < -0.3 is 10.1 Å². The second-order valence-electron chi connectivity index (χ2n) is 5.48. The van der Waals surface area contributed by atoms with E-state index < -0.39 is 11.6 Å². The summed E-state index contributed by atoms with van der Waals surface area (Å²) in [7, 11) is 0. The number of anilines is 1. The Balaban J connectivity index is 1.47. The van der Waals surface area contributed by atoms with Crippen molar-refractivity contribution in [1.82, 2.24) is 4.98 Å². The van der Waals surface area contributed by atoms with Crippen molar-refractivity contribution in [2.24, 2.45) is 0 Å². The van der Waals surface area contributed by atoms with Crippen LogP contribution in [0.4, 0.5) is 13.9 Å². The largest absolute Gasteiger partial charge is 0.494 e. The number of carbonyl (C=O) groups is 1. The number of nitrogens with one attached hydrogen (secondary N) is 1. The van der Waals surface area contributed by atoms with E-state index >= 15 is 0 Å². The minimum Gasteiger partial charge on any atom is -0.494 e. The van der Waals surface area contributed by atoms with E-state index in [1.54, 1.807) is 5.38 Å². The van der Waals surface area contributed by atoms with Crippen molar-refractivity contribution < 1.29 is 18.3 Å². The van der Waals surface area contributed by atoms with Crippen molar-refractivity contribution in [2.45, 2.75) is 12.8 Å². The SMILES string of the molecule is O=C(CCCOc1ccccc1)Nc1nc(-c2ccc(F)c(F)c2)cs1. The Labute approximate surface area is 153 Å². The van der Waals surface area contributed by atoms with E-state index in [9.17, 15) is 13.6 Å². The molecular weight excluding hydrogens is 358 g/mol. The predicted octanol–water partition coefficient (Wildman–Crippen LogP) is 4.89. The number of ether oxygens (including phenoxy) is 1. The third kappa shape index (κ3) is 4.86. The first kappa shape index (κ1) is 18.0. The minimum absolute atomic E-state index is 0.173. The second-order valence-corrected chi connectivity index (χ2v) is 6.34. The summed E-state index contributed by atoms with van der Waals surface area (Å²) in [5, 5.41) is 4.80. The van der Waals surface area contributed by atoms with E-state index in [4.69, 9.17) is 4.74 Å². The smallest absolute Gasteiger partial charge is 0.226 e. The zero-order valence-electron chi connectivity index (χ0n) is 13.7. The molecule has 0 spiro atoms. The third-order valence-corrected chi connectivity index (χ3v) is 4.28. The number of carbonyl (C=O) groups excluding carboxylic acids is 1. The minimum atomic E-state index is -0.931. The molecule has 0 atom stereocenters. The van der Waals surface area contributed by atoms with E-state index in [-0.39, 0.29) is 5.91 Å². The summed E-state index contributed by atoms with van der Waals surface area (Å²) < 4.78 is 31.8. The molecule has 0 aliphatic carbocycles. The maximum atomic E-state index is 13.3. The standard InChI is InChI=1S/C19H16F2N2O2S/c20-15-9-8-13(11-16(15)21)17-12-26-19(22-17)23-18(24)7-4-10-25-14-5-2-1-3-6-14/h1-3,5-6,8-9,11-12H,4,7,10H2,(H,22,23,24). The quantitative estimate of drug-likeness (QED) is 0.599. The highest BCUT2D eigenvalue weighted by atomic mass is 32.1. The number of aromatic nitrogens is 1. The lowest BCUT2D eigenvalue weighted by Crippen LogP contribution is -2.12. The molecule has 3 aromatic rings. The summed E-state index contributed by atoms with van der Waals surface area (Å²) in [6, 6.07) is 13.0. The Morgan fingerprint density at radius 3 is 2.69 bits per heavy atom. The topological polar surface area (TPSA) is 51.2 Å². The predicted molar refractivity (Wildman–Crippen MR) is 97.3 cm³/mol. The highest BCUT2D eigenvalue weighted by molar-refractivity contribution is 7.14. The van der Waals surface area contributed by atoms with Gasteiger partial charge in [-0.2, -0.15) is 0 Å². The fourth-order valence-corrected chi connectivity index (χ4v) is 2.98. The molecule has 0 fully saturated rings. The molecule has 1 heterocycles. The molecule has 7 heteroatoms. The number of thiazole rings is 1. The van der Waals surface area contributed by atoms with Gasteiger partial charge in [-0.05, 0) is 36.8 Å². The molecule has 1 aromatic heterocycles. The van der Waals surface area contributed by atoms with E-state index in [2.05, 4.69) is 10.3 Å². The highest BCUT2D eigenvalue weighted by Crippen LogP contribution is 2.26. The number of hydrogen-bond acceptors (Lipinski definition) is 4. The van der Waals surface area contributed by atoms with Crippen LogP contribution in [0.2, 0.25) is 0 Å². The monoisotopic (exact) mass is 374 g/mol. The van der Waals surface area contributed by atoms with Gasteiger partial charge >= 0.3 is 0 Å². The molecule has 2 aromatic carbocycles. The van der Waals surface area contributed by atoms with Crippen molar-refractivity contribution in [1.29, 1.82) is 0 Å². The first-order valence-electron chi connectivity index (χ1n) is 8.00. The van der Waals surface area contributed by atoms with E-state index in [1.807, 2.05) is 30.3 Å². The average Bonchev–Trinajstić information content (AvgIpc) is 3.10. The molecule has 0 saturated heterocycles. The number of rotatable bonds is 7. The van der Waals surface area contributed by atoms with Crippen LogP contribution in [0.25, 0.3) is 11.3 Å². The van der Waals surface area contributed by atoms with Gasteiger partial charge in [0.05, 0.1) is 12.3 Å². The van der Waals surface area contributed by atoms with E-state index in [1.165, 1.54) is 17.4 Å². The molecule has 4 nitrogen and oxygen atoms in total. The number of para-hydroxylation sites is 1. The van der Waals surface area contributed by atoms with Crippen LogP contribution in [-0.2, 0) is 4.79 Å². The van der Waals surface area contributed by atoms with Crippen LogP contribution in [0.3, 0.4) is 0 Å². The van der Waals surface area contributed by atoms with Crippen LogP contribution >= 0.6 is 11.3 Å². The van der Waals surface area contributed by atoms with Crippen LogP contribution in [0.5, 0.6) is 5.75 Å². The van der Waals surface area contributed by atoms with Gasteiger partial charge in [-0.25, -0.2) is 13.8 Å². The summed E-state index contributed by atoms with van der Waals surface area (Å²) in [5.41, 5.74) is 0.938. The zero-order chi connectivity index (χ0) is 18.4. The fraction of sp³-hybridized carbons (Fsp3) is 0.158. The normalized spacial score (nSPS) is 10.5. The van der Waals surface area contributed by atoms with E-state index in [0.717, 1.165) is 17.9 Å². The van der Waals surface area contributed by atoms with Gasteiger partial charge in [0, 0.05) is 17.4 Å². The molecule has 26 heavy (non-hydrogen) atoms. The number of benzene rings is 2. The van der Waals surface area contributed by atoms with Crippen molar-refractivity contribution in [2.75, 3.05) is 11.9 Å². The fourth-order valence-electron chi connectivity index (χ4n) is 2.24. The Bertz CT molecular complexity index is 884. The lowest BCUT2D eigenvalue weighted by molar-refractivity contribution is -0.116. The van der Waals surface area contributed by atoms with Crippen LogP contribution in [0.1, 0.15) is 12.8 Å². The van der Waals surface area contributed by atoms with Gasteiger partial charge in [0.15, 0.2) is 16.8 Å². The summed E-state index contributed by atoms with van der Waals surface area (Å²) >= 11 is 1.23. The Morgan fingerprint density at radius 2 is 1.92 bits per heavy atom. The highest BCUT2D eigenvalue weighted by Gasteiger charge is 2.10. The number of amides is 1. The third-order valence-electron chi connectivity index (χ3n) is 3.53. The van der Waals surface area contributed by atoms with Gasteiger partial charge in [0.25, 0.3) is 0 Å². The zero-order valence-corrected chi connectivity index (χ0v) is 14.6. The molecule has 134 valence electrons. The molecule has 1 amide bonds. The van der Waals surface area contributed by atoms with Crippen molar-refractivity contribution in [3.05, 3.63) is 65.5 Å². The van der Waals surface area contributed by atoms with Crippen molar-refractivity contribution >= 4 is 22.4 Å². The van der Waals surface area contributed by atoms with Gasteiger partial charge in [-0.1, -0.05) is 18.2 Å². The molecule has 0 aliphatic rings. The molecule has 0 saturated carbocycles. The maximum absolute atomic E-state index is 13.3. The first-order chi connectivity index (χ1) is 12.6. The lowest BCUT2D eigenvalue weighted by atomic mass is 10.2. The lowest BCUT2D eigenvalue weighted by Gasteiger charge is -2.05. The molecule has 0 bridgehead atoms. The Morgan fingerprint density at radius 1 is 1.12 bits per heavy atom. The van der Waals surface area contributed by atoms with E-state index in [0.29, 0.717) is 35.8 Å². The Kier molecular flexibility index (Phi) is 5.91. The van der Waals surface area contributed by atoms with Gasteiger partial charge in [-0.15, -0.1) is 11.3 Å². The van der Waals surface area contributed by atoms with Gasteiger partial charge in [0.2, 0.25) is 5.91 Å². The maximum Gasteiger partial charge on any atom is 0.226 e. The molecule has 0 aliphatic heterocycles. The average molecular weight is 374 g/mol. The summed E-state index contributed by atoms with van der Waals surface area (Å²) in [4.78, 5) is 16.2. The Hall–Kier alpha value is -2.80. The van der Waals surface area contributed by atoms with Crippen LogP contribution < -0.4 is 10.1 Å². The van der Waals surface area contributed by atoms with Crippen molar-refractivity contribution in [3.8, 4) is 17.0 Å². The summed E-state index contributed by atoms with van der Waals surface area (Å²) in [5.74, 6) is -1.24. The number of hydrogen-bond donors (Lipinski definition) is 1. The number of nitrogens with zero attached hydrogens (tertiary/aromatic N) is 1. The molecule has 0 unspecified atom stereocenters.